The van der Waals surface area contributed by atoms with Gasteiger partial charge in [-0.2, -0.15) is 0 Å². The highest BCUT2D eigenvalue weighted by molar-refractivity contribution is 5.71. The molecule has 0 N–H and O–H groups in total. The van der Waals surface area contributed by atoms with Crippen molar-refractivity contribution < 1.29 is 28.6 Å². The lowest BCUT2D eigenvalue weighted by Gasteiger charge is -2.18. The van der Waals surface area contributed by atoms with Gasteiger partial charge in [0.15, 0.2) is 6.10 Å². The van der Waals surface area contributed by atoms with E-state index in [4.69, 9.17) is 14.2 Å². The van der Waals surface area contributed by atoms with Crippen molar-refractivity contribution >= 4 is 17.9 Å². The van der Waals surface area contributed by atoms with Crippen LogP contribution < -0.4 is 0 Å². The molecule has 0 amide bonds. The highest BCUT2D eigenvalue weighted by atomic mass is 16.6. The van der Waals surface area contributed by atoms with Gasteiger partial charge in [0.05, 0.1) is 0 Å². The fourth-order valence-corrected chi connectivity index (χ4v) is 6.43. The number of carbonyl (C=O) groups excluding carboxylic acids is 3. The molecule has 0 aromatic rings. The molecule has 0 aliphatic carbocycles. The number of carbonyl (C=O) groups is 3. The summed E-state index contributed by atoms with van der Waals surface area (Å²) >= 11 is 0. The molecule has 0 aromatic carbocycles. The van der Waals surface area contributed by atoms with Gasteiger partial charge in [0.1, 0.15) is 13.2 Å². The van der Waals surface area contributed by atoms with Gasteiger partial charge in [0, 0.05) is 19.3 Å². The first-order valence-corrected chi connectivity index (χ1v) is 22.8. The predicted molar refractivity (Wildman–Crippen MR) is 224 cm³/mol. The zero-order valence-corrected chi connectivity index (χ0v) is 35.3. The molecule has 310 valence electrons. The Morgan fingerprint density at radius 2 is 0.623 bits per heavy atom. The molecule has 0 spiro atoms. The smallest absolute Gasteiger partial charge is 0.306 e. The van der Waals surface area contributed by atoms with Crippen LogP contribution in [0.5, 0.6) is 0 Å². The molecule has 0 aliphatic heterocycles. The maximum atomic E-state index is 12.7. The SMILES string of the molecule is CCCCC/C=C\CCCCCCCC(=O)OC(COC(=O)CCCCCCCC)COC(=O)CCCCCCCCC/C=C\CCCCCCCC. The first-order valence-electron chi connectivity index (χ1n) is 22.8. The van der Waals surface area contributed by atoms with E-state index in [9.17, 15) is 14.4 Å². The van der Waals surface area contributed by atoms with E-state index in [1.54, 1.807) is 0 Å². The van der Waals surface area contributed by atoms with E-state index < -0.39 is 6.10 Å². The number of esters is 3. The van der Waals surface area contributed by atoms with Crippen LogP contribution in [0, 0.1) is 0 Å². The molecule has 6 heteroatoms. The maximum absolute atomic E-state index is 12.7. The van der Waals surface area contributed by atoms with Crippen molar-refractivity contribution in [2.24, 2.45) is 0 Å². The topological polar surface area (TPSA) is 78.9 Å². The molecular weight excluding hydrogens is 661 g/mol. The van der Waals surface area contributed by atoms with Gasteiger partial charge in [-0.3, -0.25) is 14.4 Å². The summed E-state index contributed by atoms with van der Waals surface area (Å²) < 4.78 is 16.6. The molecule has 53 heavy (non-hydrogen) atoms. The lowest BCUT2D eigenvalue weighted by Crippen LogP contribution is -2.30. The molecule has 0 bridgehead atoms. The van der Waals surface area contributed by atoms with E-state index in [1.165, 1.54) is 135 Å². The Hall–Kier alpha value is -2.11. The number of ether oxygens (including phenoxy) is 3. The van der Waals surface area contributed by atoms with Crippen molar-refractivity contribution in [1.82, 2.24) is 0 Å². The van der Waals surface area contributed by atoms with Gasteiger partial charge in [0.25, 0.3) is 0 Å². The zero-order chi connectivity index (χ0) is 38.7. The molecule has 0 rings (SSSR count). The van der Waals surface area contributed by atoms with Crippen LogP contribution in [0.15, 0.2) is 24.3 Å². The average Bonchev–Trinajstić information content (AvgIpc) is 3.15. The second-order valence-corrected chi connectivity index (χ2v) is 15.3. The molecule has 0 fully saturated rings. The normalized spacial score (nSPS) is 12.1. The number of hydrogen-bond donors (Lipinski definition) is 0. The number of rotatable bonds is 41. The Kier molecular flexibility index (Phi) is 40.9. The van der Waals surface area contributed by atoms with Crippen LogP contribution in [0.3, 0.4) is 0 Å². The zero-order valence-electron chi connectivity index (χ0n) is 35.3. The van der Waals surface area contributed by atoms with E-state index >= 15 is 0 Å². The summed E-state index contributed by atoms with van der Waals surface area (Å²) in [5, 5.41) is 0. The molecule has 1 atom stereocenters. The summed E-state index contributed by atoms with van der Waals surface area (Å²) in [7, 11) is 0. The summed E-state index contributed by atoms with van der Waals surface area (Å²) in [6, 6.07) is 0. The molecule has 0 radical (unpaired) electrons. The fraction of sp³-hybridized carbons (Fsp3) is 0.851. The summed E-state index contributed by atoms with van der Waals surface area (Å²) in [6.07, 6.45) is 46.1. The lowest BCUT2D eigenvalue weighted by molar-refractivity contribution is -0.167. The Balaban J connectivity index is 4.24. The second kappa shape index (κ2) is 42.6. The molecule has 0 saturated carbocycles. The highest BCUT2D eigenvalue weighted by Crippen LogP contribution is 2.14. The third-order valence-electron chi connectivity index (χ3n) is 9.93. The van der Waals surface area contributed by atoms with E-state index in [1.807, 2.05) is 0 Å². The number of hydrogen-bond acceptors (Lipinski definition) is 6. The van der Waals surface area contributed by atoms with E-state index in [-0.39, 0.29) is 31.1 Å². The van der Waals surface area contributed by atoms with Gasteiger partial charge in [-0.15, -0.1) is 0 Å². The van der Waals surface area contributed by atoms with Crippen molar-refractivity contribution in [2.75, 3.05) is 13.2 Å². The largest absolute Gasteiger partial charge is 0.462 e. The van der Waals surface area contributed by atoms with Gasteiger partial charge in [-0.1, -0.05) is 173 Å². The average molecular weight is 747 g/mol. The van der Waals surface area contributed by atoms with E-state index in [2.05, 4.69) is 45.1 Å². The quantitative estimate of drug-likeness (QED) is 0.0268. The minimum absolute atomic E-state index is 0.0748. The Morgan fingerprint density at radius 3 is 0.981 bits per heavy atom. The van der Waals surface area contributed by atoms with Crippen molar-refractivity contribution in [2.45, 2.75) is 245 Å². The van der Waals surface area contributed by atoms with Gasteiger partial charge in [0.2, 0.25) is 0 Å². The van der Waals surface area contributed by atoms with E-state index in [0.717, 1.165) is 64.2 Å². The van der Waals surface area contributed by atoms with Gasteiger partial charge in [-0.25, -0.2) is 0 Å². The third kappa shape index (κ3) is 40.9. The molecular formula is C47H86O6. The number of allylic oxidation sites excluding steroid dienone is 4. The van der Waals surface area contributed by atoms with Gasteiger partial charge >= 0.3 is 17.9 Å². The van der Waals surface area contributed by atoms with E-state index in [0.29, 0.717) is 19.3 Å². The van der Waals surface area contributed by atoms with Crippen molar-refractivity contribution in [1.29, 1.82) is 0 Å². The summed E-state index contributed by atoms with van der Waals surface area (Å²) in [4.78, 5) is 37.5. The van der Waals surface area contributed by atoms with Crippen molar-refractivity contribution in [3.05, 3.63) is 24.3 Å². The van der Waals surface area contributed by atoms with Crippen LogP contribution in [0.1, 0.15) is 239 Å². The monoisotopic (exact) mass is 747 g/mol. The van der Waals surface area contributed by atoms with Crippen LogP contribution in [0.2, 0.25) is 0 Å². The summed E-state index contributed by atoms with van der Waals surface area (Å²) in [5.74, 6) is -0.895. The van der Waals surface area contributed by atoms with Crippen LogP contribution in [-0.4, -0.2) is 37.2 Å². The fourth-order valence-electron chi connectivity index (χ4n) is 6.43. The highest BCUT2D eigenvalue weighted by Gasteiger charge is 2.19. The molecule has 0 heterocycles. The van der Waals surface area contributed by atoms with Gasteiger partial charge < -0.3 is 14.2 Å². The molecule has 6 nitrogen and oxygen atoms in total. The minimum Gasteiger partial charge on any atom is -0.462 e. The van der Waals surface area contributed by atoms with Crippen LogP contribution in [0.4, 0.5) is 0 Å². The summed E-state index contributed by atoms with van der Waals surface area (Å²) in [5.41, 5.74) is 0. The van der Waals surface area contributed by atoms with Gasteiger partial charge in [-0.05, 0) is 70.6 Å². The lowest BCUT2D eigenvalue weighted by atomic mass is 10.1. The Labute approximate surface area is 328 Å². The summed E-state index contributed by atoms with van der Waals surface area (Å²) in [6.45, 7) is 6.54. The maximum Gasteiger partial charge on any atom is 0.306 e. The third-order valence-corrected chi connectivity index (χ3v) is 9.93. The first kappa shape index (κ1) is 50.9. The molecule has 0 aliphatic rings. The molecule has 0 aromatic heterocycles. The minimum atomic E-state index is -0.769. The molecule has 1 unspecified atom stereocenters. The van der Waals surface area contributed by atoms with Crippen LogP contribution in [0.25, 0.3) is 0 Å². The van der Waals surface area contributed by atoms with Crippen LogP contribution in [-0.2, 0) is 28.6 Å². The predicted octanol–water partition coefficient (Wildman–Crippen LogP) is 14.4. The Morgan fingerprint density at radius 1 is 0.358 bits per heavy atom. The first-order chi connectivity index (χ1) is 26.0. The second-order valence-electron chi connectivity index (χ2n) is 15.3. The van der Waals surface area contributed by atoms with Crippen LogP contribution >= 0.6 is 0 Å². The standard InChI is InChI=1S/C47H86O6/c1-4-7-10-13-16-18-20-22-23-24-25-26-28-29-31-34-37-40-46(49)52-43-44(42-51-45(48)39-36-33-15-12-9-6-3)53-47(50)41-38-35-32-30-27-21-19-17-14-11-8-5-2/h17,19,22-23,44H,4-16,18,20-21,24-43H2,1-3H3/b19-17-,23-22-. The number of unbranched alkanes of at least 4 members (excludes halogenated alkanes) is 26. The molecule has 0 saturated heterocycles. The van der Waals surface area contributed by atoms with Crippen molar-refractivity contribution in [3.63, 3.8) is 0 Å². The van der Waals surface area contributed by atoms with Crippen molar-refractivity contribution in [3.8, 4) is 0 Å². The Bertz CT molecular complexity index is 865.